The van der Waals surface area contributed by atoms with Gasteiger partial charge < -0.3 is 15.5 Å². The summed E-state index contributed by atoms with van der Waals surface area (Å²) in [6, 6.07) is 3.64. The first-order chi connectivity index (χ1) is 16.7. The summed E-state index contributed by atoms with van der Waals surface area (Å²) in [5, 5.41) is 14.1. The first kappa shape index (κ1) is 24.2. The third-order valence-electron chi connectivity index (χ3n) is 5.98. The minimum absolute atomic E-state index is 0.00355. The minimum Gasteiger partial charge on any atom is -0.391 e. The fraction of sp³-hybridized carbons (Fsp3) is 0.320. The summed E-state index contributed by atoms with van der Waals surface area (Å²) in [5.74, 6) is -0.865. The van der Waals surface area contributed by atoms with E-state index in [9.17, 15) is 13.6 Å². The number of amides is 1. The molecule has 182 valence electrons. The molecule has 1 aliphatic carbocycles. The highest BCUT2D eigenvalue weighted by atomic mass is 19.1. The maximum atomic E-state index is 14.7. The predicted octanol–water partition coefficient (Wildman–Crippen LogP) is 4.06. The summed E-state index contributed by atoms with van der Waals surface area (Å²) in [4.78, 5) is 26.3. The van der Waals surface area contributed by atoms with Crippen LogP contribution < -0.4 is 10.6 Å². The molecule has 0 atom stereocenters. The Hall–Kier alpha value is -3.95. The van der Waals surface area contributed by atoms with Crippen LogP contribution in [0.4, 0.5) is 20.5 Å². The number of pyridine rings is 1. The highest BCUT2D eigenvalue weighted by Gasteiger charge is 2.24. The van der Waals surface area contributed by atoms with Gasteiger partial charge >= 0.3 is 0 Å². The number of nitrogens with one attached hydrogen (secondary N) is 3. The number of carbonyl (C=O) groups excluding carboxylic acids is 1. The summed E-state index contributed by atoms with van der Waals surface area (Å²) < 4.78 is 29.4. The maximum absolute atomic E-state index is 14.7. The van der Waals surface area contributed by atoms with Gasteiger partial charge in [0.2, 0.25) is 11.9 Å². The number of hydrogen-bond donors (Lipinski definition) is 3. The molecule has 0 unspecified atom stereocenters. The molecule has 10 heteroatoms. The molecule has 0 aromatic carbocycles. The van der Waals surface area contributed by atoms with Crippen molar-refractivity contribution in [3.05, 3.63) is 70.3 Å². The number of fused-ring (bicyclic) bond motifs is 1. The van der Waals surface area contributed by atoms with E-state index in [-0.39, 0.29) is 34.8 Å². The molecule has 3 N–H and O–H groups in total. The molecule has 4 rings (SSSR count). The van der Waals surface area contributed by atoms with E-state index in [4.69, 9.17) is 5.41 Å². The van der Waals surface area contributed by atoms with Crippen LogP contribution in [0.25, 0.3) is 5.57 Å². The van der Waals surface area contributed by atoms with Crippen LogP contribution >= 0.6 is 0 Å². The van der Waals surface area contributed by atoms with Gasteiger partial charge in [-0.2, -0.15) is 0 Å². The summed E-state index contributed by atoms with van der Waals surface area (Å²) in [6.45, 7) is 6.50. The molecule has 0 fully saturated rings. The second-order valence-electron chi connectivity index (χ2n) is 8.71. The molecule has 2 aromatic heterocycles. The molecule has 0 saturated heterocycles. The number of nitrogens with zero attached hydrogens (tertiary/aromatic N) is 4. The minimum atomic E-state index is -0.769. The number of hydrogen-bond acceptors (Lipinski definition) is 7. The van der Waals surface area contributed by atoms with Gasteiger partial charge in [0.1, 0.15) is 17.3 Å². The summed E-state index contributed by atoms with van der Waals surface area (Å²) in [5.41, 5.74) is 2.71. The normalized spacial score (nSPS) is 17.0. The molecule has 3 heterocycles. The molecule has 2 aromatic rings. The molecule has 0 bridgehead atoms. The zero-order valence-corrected chi connectivity index (χ0v) is 20.0. The van der Waals surface area contributed by atoms with E-state index in [1.807, 2.05) is 19.9 Å². The van der Waals surface area contributed by atoms with E-state index in [0.717, 1.165) is 23.5 Å². The molecular formula is C25H27F2N7O. The van der Waals surface area contributed by atoms with Crippen LogP contribution in [0.15, 0.2) is 47.6 Å². The van der Waals surface area contributed by atoms with Crippen molar-refractivity contribution in [2.45, 2.75) is 33.7 Å². The van der Waals surface area contributed by atoms with Crippen LogP contribution in [-0.2, 0) is 17.8 Å². The molecule has 0 radical (unpaired) electrons. The molecule has 8 nitrogen and oxygen atoms in total. The van der Waals surface area contributed by atoms with Crippen LogP contribution in [0, 0.1) is 17.1 Å². The van der Waals surface area contributed by atoms with Crippen molar-refractivity contribution in [3.63, 3.8) is 0 Å². The molecule has 0 spiro atoms. The van der Waals surface area contributed by atoms with Gasteiger partial charge in [0.15, 0.2) is 5.82 Å². The van der Waals surface area contributed by atoms with Crippen LogP contribution in [0.1, 0.15) is 37.7 Å². The summed E-state index contributed by atoms with van der Waals surface area (Å²) >= 11 is 0. The van der Waals surface area contributed by atoms with Crippen molar-refractivity contribution in [2.75, 3.05) is 18.9 Å². The van der Waals surface area contributed by atoms with E-state index >= 15 is 0 Å². The van der Waals surface area contributed by atoms with E-state index in [1.54, 1.807) is 31.0 Å². The van der Waals surface area contributed by atoms with E-state index in [2.05, 4.69) is 25.6 Å². The van der Waals surface area contributed by atoms with Gasteiger partial charge in [0.25, 0.3) is 0 Å². The van der Waals surface area contributed by atoms with Crippen molar-refractivity contribution in [1.82, 2.24) is 25.2 Å². The van der Waals surface area contributed by atoms with Gasteiger partial charge in [-0.25, -0.2) is 23.7 Å². The lowest BCUT2D eigenvalue weighted by atomic mass is 9.92. The second-order valence-corrected chi connectivity index (χ2v) is 8.71. The van der Waals surface area contributed by atoms with Crippen molar-refractivity contribution in [2.24, 2.45) is 5.92 Å². The van der Waals surface area contributed by atoms with Gasteiger partial charge in [-0.3, -0.25) is 10.2 Å². The SMILES string of the molecule is CN/C(=C1/C=C(c2nc(Nc3ccc4c(n3)CCN(C(C)=O)C4)ncc2F)C=C(F)C1=N)C(C)C. The Kier molecular flexibility index (Phi) is 6.72. The Balaban J connectivity index is 1.65. The molecule has 0 saturated carbocycles. The highest BCUT2D eigenvalue weighted by molar-refractivity contribution is 6.15. The van der Waals surface area contributed by atoms with E-state index in [1.165, 1.54) is 0 Å². The Morgan fingerprint density at radius 1 is 1.20 bits per heavy atom. The molecule has 35 heavy (non-hydrogen) atoms. The lowest BCUT2D eigenvalue weighted by molar-refractivity contribution is -0.129. The molecular weight excluding hydrogens is 452 g/mol. The van der Waals surface area contributed by atoms with Crippen LogP contribution in [0.5, 0.6) is 0 Å². The quantitative estimate of drug-likeness (QED) is 0.597. The Morgan fingerprint density at radius 3 is 2.66 bits per heavy atom. The highest BCUT2D eigenvalue weighted by Crippen LogP contribution is 2.31. The zero-order valence-electron chi connectivity index (χ0n) is 20.0. The van der Waals surface area contributed by atoms with Gasteiger partial charge in [-0.1, -0.05) is 19.9 Å². The fourth-order valence-corrected chi connectivity index (χ4v) is 4.19. The first-order valence-electron chi connectivity index (χ1n) is 11.3. The predicted molar refractivity (Wildman–Crippen MR) is 130 cm³/mol. The summed E-state index contributed by atoms with van der Waals surface area (Å²) in [7, 11) is 1.70. The monoisotopic (exact) mass is 479 g/mol. The maximum Gasteiger partial charge on any atom is 0.229 e. The van der Waals surface area contributed by atoms with Crippen LogP contribution in [0.2, 0.25) is 0 Å². The van der Waals surface area contributed by atoms with Gasteiger partial charge in [0, 0.05) is 56.0 Å². The third kappa shape index (κ3) is 4.96. The van der Waals surface area contributed by atoms with Crippen molar-refractivity contribution in [1.29, 1.82) is 5.41 Å². The standard InChI is InChI=1S/C25H27F2N7O/c1-13(2)23(29-4)17-9-16(10-18(26)22(17)28)24-19(27)11-30-25(33-24)32-21-6-5-15-12-34(14(3)35)8-7-20(15)31-21/h5-6,9-11,13,28-29H,7-8,12H2,1-4H3,(H,30,31,32,33)/b23-17-,28-22?. The number of anilines is 2. The summed E-state index contributed by atoms with van der Waals surface area (Å²) in [6.07, 6.45) is 4.31. The Labute approximate surface area is 202 Å². The van der Waals surface area contributed by atoms with Crippen LogP contribution in [0.3, 0.4) is 0 Å². The largest absolute Gasteiger partial charge is 0.391 e. The number of rotatable bonds is 5. The van der Waals surface area contributed by atoms with Crippen molar-refractivity contribution in [3.8, 4) is 0 Å². The Bertz CT molecular complexity index is 1300. The van der Waals surface area contributed by atoms with E-state index < -0.39 is 11.6 Å². The van der Waals surface area contributed by atoms with Crippen molar-refractivity contribution >= 4 is 29.0 Å². The average Bonchev–Trinajstić information content (AvgIpc) is 2.82. The number of aromatic nitrogens is 3. The lowest BCUT2D eigenvalue weighted by Crippen LogP contribution is -2.34. The fourth-order valence-electron chi connectivity index (χ4n) is 4.19. The van der Waals surface area contributed by atoms with Crippen molar-refractivity contribution < 1.29 is 13.6 Å². The number of allylic oxidation sites excluding steroid dienone is 6. The van der Waals surface area contributed by atoms with Gasteiger partial charge in [0.05, 0.1) is 11.9 Å². The third-order valence-corrected chi connectivity index (χ3v) is 5.98. The molecule has 1 aliphatic heterocycles. The van der Waals surface area contributed by atoms with Gasteiger partial charge in [-0.15, -0.1) is 0 Å². The topological polar surface area (TPSA) is 107 Å². The number of halogens is 2. The lowest BCUT2D eigenvalue weighted by Gasteiger charge is -2.27. The molecule has 1 amide bonds. The average molecular weight is 480 g/mol. The smallest absolute Gasteiger partial charge is 0.229 e. The second kappa shape index (κ2) is 9.73. The van der Waals surface area contributed by atoms with E-state index in [0.29, 0.717) is 36.6 Å². The Morgan fingerprint density at radius 2 is 1.97 bits per heavy atom. The number of carbonyl (C=O) groups is 1. The first-order valence-corrected chi connectivity index (χ1v) is 11.3. The van der Waals surface area contributed by atoms with Crippen LogP contribution in [-0.4, -0.2) is 45.1 Å². The zero-order chi connectivity index (χ0) is 25.3. The molecule has 2 aliphatic rings. The van der Waals surface area contributed by atoms with Gasteiger partial charge in [-0.05, 0) is 29.7 Å².